The molecule has 1 aromatic carbocycles. The summed E-state index contributed by atoms with van der Waals surface area (Å²) in [5.74, 6) is 0.909. The average Bonchev–Trinajstić information content (AvgIpc) is 2.48. The molecule has 2 unspecified atom stereocenters. The fourth-order valence-electron chi connectivity index (χ4n) is 2.80. The molecule has 1 fully saturated rings. The fraction of sp³-hybridized carbons (Fsp3) is 0.600. The van der Waals surface area contributed by atoms with Gasteiger partial charge in [0.2, 0.25) is 0 Å². The summed E-state index contributed by atoms with van der Waals surface area (Å²) < 4.78 is 5.42. The largest absolute Gasteiger partial charge is 0.495 e. The zero-order valence-corrected chi connectivity index (χ0v) is 12.3. The van der Waals surface area contributed by atoms with Crippen molar-refractivity contribution in [1.29, 1.82) is 0 Å². The Morgan fingerprint density at radius 1 is 1.25 bits per heavy atom. The van der Waals surface area contributed by atoms with Crippen LogP contribution in [0.1, 0.15) is 6.92 Å². The molecule has 0 aliphatic carbocycles. The predicted octanol–water partition coefficient (Wildman–Crippen LogP) is 0.525. The van der Waals surface area contributed by atoms with E-state index in [2.05, 4.69) is 15.9 Å². The number of piperazine rings is 1. The lowest BCUT2D eigenvalue weighted by Gasteiger charge is -2.41. The van der Waals surface area contributed by atoms with Gasteiger partial charge in [-0.1, -0.05) is 12.1 Å². The van der Waals surface area contributed by atoms with Gasteiger partial charge in [0.05, 0.1) is 19.4 Å². The SMILES string of the molecule is COc1ccccc1N1CCN(C(CO)C(C)N)CC1. The van der Waals surface area contributed by atoms with E-state index in [-0.39, 0.29) is 18.7 Å². The van der Waals surface area contributed by atoms with Crippen molar-refractivity contribution in [3.63, 3.8) is 0 Å². The van der Waals surface area contributed by atoms with Crippen molar-refractivity contribution in [1.82, 2.24) is 4.90 Å². The Morgan fingerprint density at radius 2 is 1.90 bits per heavy atom. The highest BCUT2D eigenvalue weighted by Crippen LogP contribution is 2.28. The molecular weight excluding hydrogens is 254 g/mol. The lowest BCUT2D eigenvalue weighted by atomic mass is 10.1. The van der Waals surface area contributed by atoms with Gasteiger partial charge in [-0.2, -0.15) is 0 Å². The Labute approximate surface area is 120 Å². The fourth-order valence-corrected chi connectivity index (χ4v) is 2.80. The minimum atomic E-state index is -0.0159. The van der Waals surface area contributed by atoms with Crippen LogP contribution in [-0.4, -0.2) is 62.0 Å². The van der Waals surface area contributed by atoms with E-state index in [1.54, 1.807) is 7.11 Å². The van der Waals surface area contributed by atoms with Gasteiger partial charge >= 0.3 is 0 Å². The first-order valence-corrected chi connectivity index (χ1v) is 7.15. The number of methoxy groups -OCH3 is 1. The van der Waals surface area contributed by atoms with Crippen molar-refractivity contribution < 1.29 is 9.84 Å². The van der Waals surface area contributed by atoms with E-state index in [0.717, 1.165) is 37.6 Å². The van der Waals surface area contributed by atoms with Crippen molar-refractivity contribution in [2.75, 3.05) is 44.8 Å². The molecule has 1 heterocycles. The number of hydrogen-bond acceptors (Lipinski definition) is 5. The van der Waals surface area contributed by atoms with Crippen LogP contribution in [-0.2, 0) is 0 Å². The molecule has 5 nitrogen and oxygen atoms in total. The van der Waals surface area contributed by atoms with E-state index in [1.807, 2.05) is 25.1 Å². The minimum Gasteiger partial charge on any atom is -0.495 e. The average molecular weight is 279 g/mol. The van der Waals surface area contributed by atoms with E-state index in [1.165, 1.54) is 0 Å². The van der Waals surface area contributed by atoms with Crippen molar-refractivity contribution in [2.45, 2.75) is 19.0 Å². The van der Waals surface area contributed by atoms with Crippen molar-refractivity contribution in [3.05, 3.63) is 24.3 Å². The summed E-state index contributed by atoms with van der Waals surface area (Å²) in [6.07, 6.45) is 0. The van der Waals surface area contributed by atoms with Crippen molar-refractivity contribution in [3.8, 4) is 5.75 Å². The number of rotatable bonds is 5. The van der Waals surface area contributed by atoms with E-state index in [4.69, 9.17) is 10.5 Å². The molecule has 2 rings (SSSR count). The highest BCUT2D eigenvalue weighted by molar-refractivity contribution is 5.58. The zero-order chi connectivity index (χ0) is 14.5. The Bertz CT molecular complexity index is 417. The maximum Gasteiger partial charge on any atom is 0.142 e. The molecule has 112 valence electrons. The molecule has 0 aromatic heterocycles. The molecule has 2 atom stereocenters. The number of aliphatic hydroxyl groups is 1. The Kier molecular flexibility index (Phi) is 5.23. The van der Waals surface area contributed by atoms with Gasteiger partial charge in [0.25, 0.3) is 0 Å². The molecule has 1 saturated heterocycles. The van der Waals surface area contributed by atoms with Crippen LogP contribution in [0.15, 0.2) is 24.3 Å². The van der Waals surface area contributed by atoms with Crippen LogP contribution < -0.4 is 15.4 Å². The van der Waals surface area contributed by atoms with Gasteiger partial charge in [0.1, 0.15) is 5.75 Å². The van der Waals surface area contributed by atoms with Crippen LogP contribution in [0.5, 0.6) is 5.75 Å². The summed E-state index contributed by atoms with van der Waals surface area (Å²) in [7, 11) is 1.70. The number of para-hydroxylation sites is 2. The van der Waals surface area contributed by atoms with Crippen LogP contribution >= 0.6 is 0 Å². The topological polar surface area (TPSA) is 62.0 Å². The van der Waals surface area contributed by atoms with Gasteiger partial charge in [-0.05, 0) is 19.1 Å². The van der Waals surface area contributed by atoms with Gasteiger partial charge in [-0.25, -0.2) is 0 Å². The number of nitrogens with zero attached hydrogens (tertiary/aromatic N) is 2. The normalized spacial score (nSPS) is 19.7. The molecule has 0 amide bonds. The lowest BCUT2D eigenvalue weighted by Crippen LogP contribution is -2.56. The van der Waals surface area contributed by atoms with Gasteiger partial charge in [-0.3, -0.25) is 4.90 Å². The molecule has 1 aliphatic rings. The summed E-state index contributed by atoms with van der Waals surface area (Å²) in [5.41, 5.74) is 7.07. The predicted molar refractivity (Wildman–Crippen MR) is 81.3 cm³/mol. The van der Waals surface area contributed by atoms with E-state index in [0.29, 0.717) is 0 Å². The maximum absolute atomic E-state index is 9.46. The molecule has 3 N–H and O–H groups in total. The van der Waals surface area contributed by atoms with Crippen LogP contribution in [0, 0.1) is 0 Å². The standard InChI is InChI=1S/C15H25N3O2/c1-12(16)14(11-19)18-9-7-17(8-10-18)13-5-3-4-6-15(13)20-2/h3-6,12,14,19H,7-11,16H2,1-2H3. The summed E-state index contributed by atoms with van der Waals surface area (Å²) >= 11 is 0. The number of anilines is 1. The molecule has 0 spiro atoms. The van der Waals surface area contributed by atoms with Gasteiger partial charge < -0.3 is 20.5 Å². The first-order chi connectivity index (χ1) is 9.67. The Hall–Kier alpha value is -1.30. The van der Waals surface area contributed by atoms with Crippen LogP contribution in [0.4, 0.5) is 5.69 Å². The van der Waals surface area contributed by atoms with Gasteiger partial charge in [-0.15, -0.1) is 0 Å². The van der Waals surface area contributed by atoms with Gasteiger partial charge in [0.15, 0.2) is 0 Å². The second-order valence-corrected chi connectivity index (χ2v) is 5.30. The van der Waals surface area contributed by atoms with E-state index in [9.17, 15) is 5.11 Å². The van der Waals surface area contributed by atoms with E-state index < -0.39 is 0 Å². The third kappa shape index (κ3) is 3.23. The smallest absolute Gasteiger partial charge is 0.142 e. The maximum atomic E-state index is 9.46. The molecule has 20 heavy (non-hydrogen) atoms. The van der Waals surface area contributed by atoms with Gasteiger partial charge in [0, 0.05) is 38.3 Å². The van der Waals surface area contributed by atoms with Crippen LogP contribution in [0.25, 0.3) is 0 Å². The molecule has 0 bridgehead atoms. The first kappa shape index (κ1) is 15.1. The summed E-state index contributed by atoms with van der Waals surface area (Å²) in [6, 6.07) is 8.12. The molecule has 0 radical (unpaired) electrons. The number of hydrogen-bond donors (Lipinski definition) is 2. The summed E-state index contributed by atoms with van der Waals surface area (Å²) in [4.78, 5) is 4.60. The highest BCUT2D eigenvalue weighted by Gasteiger charge is 2.26. The second-order valence-electron chi connectivity index (χ2n) is 5.30. The number of aliphatic hydroxyl groups excluding tert-OH is 1. The molecule has 0 saturated carbocycles. The minimum absolute atomic E-state index is 0.0159. The highest BCUT2D eigenvalue weighted by atomic mass is 16.5. The van der Waals surface area contributed by atoms with E-state index >= 15 is 0 Å². The Morgan fingerprint density at radius 3 is 2.45 bits per heavy atom. The summed E-state index contributed by atoms with van der Waals surface area (Å²) in [5, 5.41) is 9.46. The molecule has 1 aromatic rings. The number of benzene rings is 1. The van der Waals surface area contributed by atoms with Crippen LogP contribution in [0.3, 0.4) is 0 Å². The zero-order valence-electron chi connectivity index (χ0n) is 12.3. The van der Waals surface area contributed by atoms with Crippen molar-refractivity contribution in [2.24, 2.45) is 5.73 Å². The number of nitrogens with two attached hydrogens (primary N) is 1. The Balaban J connectivity index is 2.00. The summed E-state index contributed by atoms with van der Waals surface area (Å²) in [6.45, 7) is 5.72. The second kappa shape index (κ2) is 6.92. The molecular formula is C15H25N3O2. The lowest BCUT2D eigenvalue weighted by molar-refractivity contribution is 0.102. The van der Waals surface area contributed by atoms with Crippen LogP contribution in [0.2, 0.25) is 0 Å². The number of ether oxygens (including phenoxy) is 1. The molecule has 5 heteroatoms. The third-order valence-electron chi connectivity index (χ3n) is 4.00. The quantitative estimate of drug-likeness (QED) is 0.823. The molecule has 1 aliphatic heterocycles. The van der Waals surface area contributed by atoms with Crippen molar-refractivity contribution >= 4 is 5.69 Å². The monoisotopic (exact) mass is 279 g/mol. The first-order valence-electron chi connectivity index (χ1n) is 7.15. The third-order valence-corrected chi connectivity index (χ3v) is 4.00.